The molecule has 10 atom stereocenters. The van der Waals surface area contributed by atoms with Gasteiger partial charge in [0.2, 0.25) is 35.4 Å². The smallest absolute Gasteiger partial charge is 0.246 e. The number of hydrogen-bond acceptors (Lipinski definition) is 10. The van der Waals surface area contributed by atoms with Gasteiger partial charge in [0, 0.05) is 43.1 Å². The summed E-state index contributed by atoms with van der Waals surface area (Å²) < 4.78 is 0. The van der Waals surface area contributed by atoms with Gasteiger partial charge >= 0.3 is 0 Å². The monoisotopic (exact) mass is 1040 g/mol. The van der Waals surface area contributed by atoms with Crippen molar-refractivity contribution in [3.63, 3.8) is 0 Å². The minimum Gasteiger partial charge on any atom is -0.352 e. The molecule has 1 aliphatic carbocycles. The summed E-state index contributed by atoms with van der Waals surface area (Å²) in [6.07, 6.45) is 4.08. The lowest BCUT2D eigenvalue weighted by Gasteiger charge is -2.36. The molecule has 2 aliphatic heterocycles. The van der Waals surface area contributed by atoms with Gasteiger partial charge < -0.3 is 41.7 Å². The first kappa shape index (κ1) is 61.4. The largest absolute Gasteiger partial charge is 0.352 e. The van der Waals surface area contributed by atoms with Gasteiger partial charge in [0.05, 0.1) is 18.1 Å². The number of amides is 6. The first-order chi connectivity index (χ1) is 33.1. The number of rotatable bonds is 21. The third-order valence-electron chi connectivity index (χ3n) is 14.7. The van der Waals surface area contributed by atoms with Gasteiger partial charge in [-0.05, 0) is 114 Å². The lowest BCUT2D eigenvalue weighted by atomic mass is 9.85. The molecule has 6 amide bonds. The van der Waals surface area contributed by atoms with Crippen LogP contribution in [0.3, 0.4) is 0 Å². The molecule has 0 aromatic heterocycles. The molecule has 2 aromatic rings. The van der Waals surface area contributed by atoms with Gasteiger partial charge in [0.15, 0.2) is 11.6 Å². The summed E-state index contributed by atoms with van der Waals surface area (Å²) in [6, 6.07) is 9.55. The fourth-order valence-electron chi connectivity index (χ4n) is 9.80. The maximum absolute atomic E-state index is 14.7. The van der Waals surface area contributed by atoms with Crippen LogP contribution in [0.4, 0.5) is 0 Å². The van der Waals surface area contributed by atoms with E-state index < -0.39 is 53.5 Å². The van der Waals surface area contributed by atoms with Crippen LogP contribution in [0.2, 0.25) is 0 Å². The minimum absolute atomic E-state index is 0. The summed E-state index contributed by atoms with van der Waals surface area (Å²) in [4.78, 5) is 115. The van der Waals surface area contributed by atoms with E-state index in [1.807, 2.05) is 66.7 Å². The van der Waals surface area contributed by atoms with E-state index in [0.717, 1.165) is 24.8 Å². The Morgan fingerprint density at radius 2 is 1.21 bits per heavy atom. The molecular formula is C54H82Cl2N8O8. The highest BCUT2D eigenvalue weighted by Crippen LogP contribution is 2.35. The average Bonchev–Trinajstić information content (AvgIpc) is 3.96. The molecule has 6 N–H and O–H groups in total. The quantitative estimate of drug-likeness (QED) is 0.0865. The Bertz CT molecular complexity index is 2240. The summed E-state index contributed by atoms with van der Waals surface area (Å²) in [5, 5.41) is 17.9. The number of nitrogens with one attached hydrogen (secondary N) is 6. The first-order valence-electron chi connectivity index (χ1n) is 25.5. The van der Waals surface area contributed by atoms with E-state index in [-0.39, 0.29) is 129 Å². The van der Waals surface area contributed by atoms with Crippen molar-refractivity contribution in [3.05, 3.63) is 70.8 Å². The van der Waals surface area contributed by atoms with E-state index >= 15 is 0 Å². The summed E-state index contributed by atoms with van der Waals surface area (Å²) in [7, 11) is 3.32. The van der Waals surface area contributed by atoms with Gasteiger partial charge in [0.25, 0.3) is 0 Å². The molecular weight excluding hydrogens is 960 g/mol. The molecule has 16 nitrogen and oxygen atoms in total. The molecule has 0 unspecified atom stereocenters. The second-order valence-corrected chi connectivity index (χ2v) is 21.4. The zero-order valence-electron chi connectivity index (χ0n) is 44.2. The highest BCUT2D eigenvalue weighted by molar-refractivity contribution is 6.02. The maximum atomic E-state index is 14.7. The molecule has 2 aromatic carbocycles. The lowest BCUT2D eigenvalue weighted by molar-refractivity contribution is -0.144. The molecule has 0 bridgehead atoms. The molecule has 72 heavy (non-hydrogen) atoms. The van der Waals surface area contributed by atoms with Gasteiger partial charge in [-0.15, -0.1) is 24.8 Å². The number of nitrogens with zero attached hydrogens (tertiary/aromatic N) is 2. The molecule has 5 rings (SSSR count). The highest BCUT2D eigenvalue weighted by Gasteiger charge is 2.47. The average molecular weight is 1040 g/mol. The number of likely N-dealkylation sites (N-methyl/N-ethyl adjacent to an activating group) is 2. The highest BCUT2D eigenvalue weighted by atomic mass is 35.5. The normalized spacial score (nSPS) is 21.6. The van der Waals surface area contributed by atoms with Crippen LogP contribution < -0.4 is 31.9 Å². The van der Waals surface area contributed by atoms with Crippen LogP contribution in [0.1, 0.15) is 152 Å². The van der Waals surface area contributed by atoms with Crippen LogP contribution in [0.25, 0.3) is 0 Å². The number of carbonyl (C=O) groups is 8. The van der Waals surface area contributed by atoms with Crippen LogP contribution in [-0.2, 0) is 35.2 Å². The van der Waals surface area contributed by atoms with Crippen LogP contribution >= 0.6 is 24.8 Å². The second kappa shape index (κ2) is 27.4. The Morgan fingerprint density at radius 1 is 0.681 bits per heavy atom. The summed E-state index contributed by atoms with van der Waals surface area (Å²) in [5.41, 5.74) is 2.15. The van der Waals surface area contributed by atoms with E-state index in [2.05, 4.69) is 38.0 Å². The number of halogens is 2. The van der Waals surface area contributed by atoms with Crippen LogP contribution in [0.5, 0.6) is 0 Å². The fraction of sp³-hybridized carbons (Fsp3) is 0.630. The van der Waals surface area contributed by atoms with Crippen LogP contribution in [-0.4, -0.2) is 126 Å². The molecule has 0 spiro atoms. The third kappa shape index (κ3) is 15.6. The van der Waals surface area contributed by atoms with E-state index in [1.54, 1.807) is 52.2 Å². The number of hydrogen-bond donors (Lipinski definition) is 6. The Balaban J connectivity index is 0.00000684. The molecule has 2 saturated heterocycles. The van der Waals surface area contributed by atoms with Crippen LogP contribution in [0.15, 0.2) is 48.5 Å². The van der Waals surface area contributed by atoms with Crippen molar-refractivity contribution >= 4 is 71.8 Å². The Kier molecular flexibility index (Phi) is 23.4. The van der Waals surface area contributed by atoms with Crippen molar-refractivity contribution in [1.82, 2.24) is 41.7 Å². The van der Waals surface area contributed by atoms with Crippen molar-refractivity contribution in [1.29, 1.82) is 0 Å². The van der Waals surface area contributed by atoms with E-state index in [0.29, 0.717) is 24.0 Å². The van der Waals surface area contributed by atoms with Crippen molar-refractivity contribution in [2.24, 2.45) is 23.2 Å². The van der Waals surface area contributed by atoms with Gasteiger partial charge in [0.1, 0.15) is 24.2 Å². The third-order valence-corrected chi connectivity index (χ3v) is 14.7. The van der Waals surface area contributed by atoms with Crippen molar-refractivity contribution in [3.8, 4) is 0 Å². The number of likely N-dealkylation sites (tertiary alicyclic amines) is 2. The summed E-state index contributed by atoms with van der Waals surface area (Å²) in [5.74, 6) is -3.18. The summed E-state index contributed by atoms with van der Waals surface area (Å²) in [6.45, 7) is 17.1. The topological polar surface area (TPSA) is 215 Å². The Morgan fingerprint density at radius 3 is 1.74 bits per heavy atom. The first-order valence-corrected chi connectivity index (χ1v) is 25.5. The SMILES string of the molecule is CCC[C@H](NC(=O)[C@H](C)NC)C(=O)N1C[C@@H](CC(=O)c2cccc(C(=O)C[C@H]3C[C@@H](C(=O)N[C@@H]4CCCc5ccccc54)N(C(=O)[C@@H](NC(=O)[C@H](C)NC)C(C)(C)C)C3)c2)C[C@H]1C(=O)N[C@H](C)C(C)C.Cl.Cl. The van der Waals surface area contributed by atoms with E-state index in [9.17, 15) is 38.4 Å². The van der Waals surface area contributed by atoms with Crippen molar-refractivity contribution in [2.45, 2.75) is 168 Å². The minimum atomic E-state index is -0.956. The predicted molar refractivity (Wildman–Crippen MR) is 284 cm³/mol. The predicted octanol–water partition coefficient (Wildman–Crippen LogP) is 5.50. The second-order valence-electron chi connectivity index (χ2n) is 21.4. The molecule has 3 aliphatic rings. The number of Topliss-reactive ketones (excluding diaryl/α,β-unsaturated/α-hetero) is 2. The van der Waals surface area contributed by atoms with Gasteiger partial charge in [-0.3, -0.25) is 38.4 Å². The molecule has 0 saturated carbocycles. The standard InChI is InChI=1S/C54H80N8O8.2ClH/c1-12-17-42(59-48(65)33(5)55-10)52(69)61-29-35(24-43(61)50(67)57-32(4)31(2)3)26-45(63)38-20-15-21-39(28-38)46(64)27-36-25-44(51(68)58-41-23-16-19-37-18-13-14-22-40(37)41)62(30-36)53(70)47(54(7,8)9)60-49(66)34(6)56-11;;/h13-15,18,20-22,28,31-36,41-44,47,55-56H,12,16-17,19,23-27,29-30H2,1-11H3,(H,57,67)(H,58,68)(H,59,65)(H,60,66);2*1H/t32-,33+,34+,35-,36-,41-,42+,43+,44+,47-;;/m1../s1. The zero-order chi connectivity index (χ0) is 51.6. The van der Waals surface area contributed by atoms with Crippen LogP contribution in [0, 0.1) is 23.2 Å². The number of fused-ring (bicyclic) bond motifs is 1. The lowest BCUT2D eigenvalue weighted by Crippen LogP contribution is -2.59. The van der Waals surface area contributed by atoms with Crippen molar-refractivity contribution in [2.75, 3.05) is 27.2 Å². The molecule has 2 heterocycles. The molecule has 400 valence electrons. The molecule has 18 heteroatoms. The number of ketones is 2. The number of aryl methyl sites for hydroxylation is 1. The number of benzene rings is 2. The van der Waals surface area contributed by atoms with Gasteiger partial charge in [-0.1, -0.05) is 90.4 Å². The van der Waals surface area contributed by atoms with E-state index in [1.165, 1.54) is 15.4 Å². The maximum Gasteiger partial charge on any atom is 0.246 e. The van der Waals surface area contributed by atoms with E-state index in [4.69, 9.17) is 0 Å². The molecule has 2 fully saturated rings. The Labute approximate surface area is 439 Å². The zero-order valence-corrected chi connectivity index (χ0v) is 45.9. The molecule has 0 radical (unpaired) electrons. The summed E-state index contributed by atoms with van der Waals surface area (Å²) >= 11 is 0. The Hall–Kier alpha value is -4.90. The van der Waals surface area contributed by atoms with Gasteiger partial charge in [-0.2, -0.15) is 0 Å². The van der Waals surface area contributed by atoms with Gasteiger partial charge in [-0.25, -0.2) is 0 Å². The fourth-order valence-corrected chi connectivity index (χ4v) is 9.80. The van der Waals surface area contributed by atoms with Crippen molar-refractivity contribution < 1.29 is 38.4 Å². The number of carbonyl (C=O) groups excluding carboxylic acids is 8.